The molecule has 3 aliphatic rings. The third-order valence-corrected chi connectivity index (χ3v) is 6.48. The molecule has 1 spiro atoms. The Morgan fingerprint density at radius 3 is 2.52 bits per heavy atom. The molecule has 23 heavy (non-hydrogen) atoms. The van der Waals surface area contributed by atoms with Crippen molar-refractivity contribution in [1.82, 2.24) is 9.80 Å². The molecule has 1 aromatic carbocycles. The van der Waals surface area contributed by atoms with Crippen molar-refractivity contribution in [2.24, 2.45) is 0 Å². The summed E-state index contributed by atoms with van der Waals surface area (Å²) in [7, 11) is 0. The molecule has 3 heteroatoms. The minimum absolute atomic E-state index is 0.374. The summed E-state index contributed by atoms with van der Waals surface area (Å²) in [4.78, 5) is 5.04. The van der Waals surface area contributed by atoms with E-state index >= 15 is 0 Å². The van der Waals surface area contributed by atoms with Crippen molar-refractivity contribution in [3.63, 3.8) is 0 Å². The SMILES string of the molecule is N#CCN1CCC2(CC[C@@H](N3CCCC3)c3ccccc32)CC1. The molecule has 3 nitrogen and oxygen atoms in total. The minimum Gasteiger partial charge on any atom is -0.296 e. The van der Waals surface area contributed by atoms with Gasteiger partial charge in [0, 0.05) is 6.04 Å². The Morgan fingerprint density at radius 2 is 1.78 bits per heavy atom. The van der Waals surface area contributed by atoms with Crippen LogP contribution in [0.25, 0.3) is 0 Å². The second-order valence-corrected chi connectivity index (χ2v) is 7.60. The largest absolute Gasteiger partial charge is 0.296 e. The predicted octanol–water partition coefficient (Wildman–Crippen LogP) is 3.47. The fourth-order valence-electron chi connectivity index (χ4n) is 5.16. The topological polar surface area (TPSA) is 30.3 Å². The summed E-state index contributed by atoms with van der Waals surface area (Å²) in [5.74, 6) is 0. The maximum absolute atomic E-state index is 8.94. The van der Waals surface area contributed by atoms with Crippen molar-refractivity contribution in [3.05, 3.63) is 35.4 Å². The van der Waals surface area contributed by atoms with Crippen molar-refractivity contribution < 1.29 is 0 Å². The van der Waals surface area contributed by atoms with Crippen LogP contribution < -0.4 is 0 Å². The molecular weight excluding hydrogens is 282 g/mol. The van der Waals surface area contributed by atoms with Crippen LogP contribution in [-0.4, -0.2) is 42.5 Å². The number of nitriles is 1. The van der Waals surface area contributed by atoms with Gasteiger partial charge in [0.05, 0.1) is 12.6 Å². The summed E-state index contributed by atoms with van der Waals surface area (Å²) in [5, 5.41) is 8.94. The molecule has 0 unspecified atom stereocenters. The summed E-state index contributed by atoms with van der Waals surface area (Å²) in [6.45, 7) is 5.31. The van der Waals surface area contributed by atoms with Gasteiger partial charge in [0.15, 0.2) is 0 Å². The maximum atomic E-state index is 8.94. The Balaban J connectivity index is 1.61. The van der Waals surface area contributed by atoms with Crippen LogP contribution >= 0.6 is 0 Å². The lowest BCUT2D eigenvalue weighted by atomic mass is 9.63. The lowest BCUT2D eigenvalue weighted by molar-refractivity contribution is 0.128. The second kappa shape index (κ2) is 6.26. The number of hydrogen-bond acceptors (Lipinski definition) is 3. The Bertz CT molecular complexity index is 589. The smallest absolute Gasteiger partial charge is 0.0865 e. The number of rotatable bonds is 2. The lowest BCUT2D eigenvalue weighted by Crippen LogP contribution is -2.46. The van der Waals surface area contributed by atoms with Gasteiger partial charge in [-0.3, -0.25) is 9.80 Å². The number of likely N-dealkylation sites (tertiary alicyclic amines) is 2. The van der Waals surface area contributed by atoms with Gasteiger partial charge in [-0.25, -0.2) is 0 Å². The number of hydrogen-bond donors (Lipinski definition) is 0. The van der Waals surface area contributed by atoms with Crippen molar-refractivity contribution in [3.8, 4) is 6.07 Å². The highest BCUT2D eigenvalue weighted by atomic mass is 15.2. The van der Waals surface area contributed by atoms with Gasteiger partial charge in [-0.1, -0.05) is 24.3 Å². The van der Waals surface area contributed by atoms with Crippen LogP contribution in [0.5, 0.6) is 0 Å². The van der Waals surface area contributed by atoms with Crippen LogP contribution in [0.1, 0.15) is 55.7 Å². The number of benzene rings is 1. The first-order valence-corrected chi connectivity index (χ1v) is 9.25. The summed E-state index contributed by atoms with van der Waals surface area (Å²) in [6.07, 6.45) is 7.82. The van der Waals surface area contributed by atoms with E-state index in [-0.39, 0.29) is 0 Å². The highest BCUT2D eigenvalue weighted by Gasteiger charge is 2.43. The molecule has 2 saturated heterocycles. The molecular formula is C20H27N3. The van der Waals surface area contributed by atoms with E-state index in [4.69, 9.17) is 5.26 Å². The third kappa shape index (κ3) is 2.69. The van der Waals surface area contributed by atoms with Gasteiger partial charge in [0.1, 0.15) is 0 Å². The predicted molar refractivity (Wildman–Crippen MR) is 92.2 cm³/mol. The summed E-state index contributed by atoms with van der Waals surface area (Å²) < 4.78 is 0. The molecule has 4 rings (SSSR count). The molecule has 0 radical (unpaired) electrons. The van der Waals surface area contributed by atoms with Crippen LogP contribution in [0.3, 0.4) is 0 Å². The molecule has 0 bridgehead atoms. The van der Waals surface area contributed by atoms with Crippen LogP contribution in [0, 0.1) is 11.3 Å². The molecule has 2 fully saturated rings. The van der Waals surface area contributed by atoms with E-state index in [1.54, 1.807) is 11.1 Å². The molecule has 122 valence electrons. The summed E-state index contributed by atoms with van der Waals surface area (Å²) in [6, 6.07) is 12.2. The average Bonchev–Trinajstić information content (AvgIpc) is 3.12. The number of fused-ring (bicyclic) bond motifs is 2. The Morgan fingerprint density at radius 1 is 1.04 bits per heavy atom. The van der Waals surface area contributed by atoms with Gasteiger partial charge in [-0.05, 0) is 81.2 Å². The molecule has 1 aromatic rings. The Labute approximate surface area is 139 Å². The van der Waals surface area contributed by atoms with E-state index in [2.05, 4.69) is 40.1 Å². The van der Waals surface area contributed by atoms with Crippen LogP contribution in [0.2, 0.25) is 0 Å². The Hall–Kier alpha value is -1.37. The highest BCUT2D eigenvalue weighted by molar-refractivity contribution is 5.40. The number of piperidine rings is 1. The Kier molecular flexibility index (Phi) is 4.13. The highest BCUT2D eigenvalue weighted by Crippen LogP contribution is 2.49. The first-order chi connectivity index (χ1) is 11.3. The first-order valence-electron chi connectivity index (χ1n) is 9.25. The van der Waals surface area contributed by atoms with Gasteiger partial charge >= 0.3 is 0 Å². The van der Waals surface area contributed by atoms with E-state index in [0.717, 1.165) is 13.1 Å². The molecule has 0 saturated carbocycles. The molecule has 2 heterocycles. The van der Waals surface area contributed by atoms with E-state index in [1.165, 1.54) is 51.6 Å². The van der Waals surface area contributed by atoms with Crippen molar-refractivity contribution in [1.29, 1.82) is 5.26 Å². The molecule has 0 aromatic heterocycles. The van der Waals surface area contributed by atoms with Gasteiger partial charge in [0.25, 0.3) is 0 Å². The monoisotopic (exact) mass is 309 g/mol. The zero-order valence-corrected chi connectivity index (χ0v) is 14.0. The minimum atomic E-state index is 0.374. The fraction of sp³-hybridized carbons (Fsp3) is 0.650. The standard InChI is InChI=1S/C20H27N3/c21-11-16-22-14-9-20(10-15-22)8-7-19(23-12-3-4-13-23)17-5-1-2-6-18(17)20/h1-2,5-6,19H,3-4,7-10,12-16H2/t19-/m1/s1. The molecule has 0 N–H and O–H groups in total. The van der Waals surface area contributed by atoms with Crippen LogP contribution in [0.15, 0.2) is 24.3 Å². The van der Waals surface area contributed by atoms with Gasteiger partial charge in [-0.15, -0.1) is 0 Å². The average molecular weight is 309 g/mol. The van der Waals surface area contributed by atoms with E-state index in [9.17, 15) is 0 Å². The van der Waals surface area contributed by atoms with Crippen LogP contribution in [0.4, 0.5) is 0 Å². The molecule has 1 atom stereocenters. The molecule has 2 aliphatic heterocycles. The zero-order valence-electron chi connectivity index (χ0n) is 14.0. The third-order valence-electron chi connectivity index (χ3n) is 6.48. The molecule has 0 amide bonds. The van der Waals surface area contributed by atoms with Gasteiger partial charge in [-0.2, -0.15) is 5.26 Å². The van der Waals surface area contributed by atoms with Gasteiger partial charge < -0.3 is 0 Å². The lowest BCUT2D eigenvalue weighted by Gasteiger charge is -2.48. The fourth-order valence-corrected chi connectivity index (χ4v) is 5.16. The zero-order chi connectivity index (χ0) is 15.7. The number of nitrogens with zero attached hydrogens (tertiary/aromatic N) is 3. The molecule has 1 aliphatic carbocycles. The summed E-state index contributed by atoms with van der Waals surface area (Å²) in [5.41, 5.74) is 3.60. The maximum Gasteiger partial charge on any atom is 0.0865 e. The van der Waals surface area contributed by atoms with E-state index < -0.39 is 0 Å². The van der Waals surface area contributed by atoms with E-state index in [0.29, 0.717) is 18.0 Å². The van der Waals surface area contributed by atoms with E-state index in [1.807, 2.05) is 0 Å². The van der Waals surface area contributed by atoms with Crippen molar-refractivity contribution in [2.45, 2.75) is 50.0 Å². The first kappa shape index (κ1) is 15.2. The quantitative estimate of drug-likeness (QED) is 0.784. The van der Waals surface area contributed by atoms with Crippen molar-refractivity contribution in [2.75, 3.05) is 32.7 Å². The summed E-state index contributed by atoms with van der Waals surface area (Å²) >= 11 is 0. The van der Waals surface area contributed by atoms with Crippen LogP contribution in [-0.2, 0) is 5.41 Å². The van der Waals surface area contributed by atoms with Gasteiger partial charge in [0.2, 0.25) is 0 Å². The second-order valence-electron chi connectivity index (χ2n) is 7.60. The normalized spacial score (nSPS) is 27.7. The van der Waals surface area contributed by atoms with Crippen molar-refractivity contribution >= 4 is 0 Å².